The Bertz CT molecular complexity index is 76.5. The first-order valence-corrected chi connectivity index (χ1v) is 4.11. The zero-order valence-electron chi connectivity index (χ0n) is 7.72. The molecular formula is C8H19NO2. The van der Waals surface area contributed by atoms with Gasteiger partial charge in [0.05, 0.1) is 6.61 Å². The van der Waals surface area contributed by atoms with Crippen LogP contribution in [0, 0.1) is 5.92 Å². The third kappa shape index (κ3) is 9.88. The molecule has 3 nitrogen and oxygen atoms in total. The van der Waals surface area contributed by atoms with Gasteiger partial charge in [-0.25, -0.2) is 5.48 Å². The predicted octanol–water partition coefficient (Wildman–Crippen LogP) is 1.20. The number of hydrogen-bond donors (Lipinski definition) is 1. The molecule has 0 fully saturated rings. The first-order chi connectivity index (χ1) is 5.27. The molecule has 0 atom stereocenters. The van der Waals surface area contributed by atoms with Crippen molar-refractivity contribution in [3.05, 3.63) is 0 Å². The summed E-state index contributed by atoms with van der Waals surface area (Å²) < 4.78 is 4.87. The lowest BCUT2D eigenvalue weighted by Crippen LogP contribution is -2.19. The maximum absolute atomic E-state index is 5.14. The molecule has 0 aromatic heterocycles. The highest BCUT2D eigenvalue weighted by atomic mass is 16.6. The van der Waals surface area contributed by atoms with Crippen molar-refractivity contribution in [3.63, 3.8) is 0 Å². The molecule has 0 aliphatic rings. The van der Waals surface area contributed by atoms with Gasteiger partial charge < -0.3 is 9.57 Å². The number of methoxy groups -OCH3 is 1. The molecule has 0 aliphatic heterocycles. The molecule has 0 unspecified atom stereocenters. The largest absolute Gasteiger partial charge is 0.385 e. The van der Waals surface area contributed by atoms with E-state index >= 15 is 0 Å². The second-order valence-electron chi connectivity index (χ2n) is 2.95. The van der Waals surface area contributed by atoms with Crippen LogP contribution in [0.25, 0.3) is 0 Å². The molecular weight excluding hydrogens is 142 g/mol. The van der Waals surface area contributed by atoms with Gasteiger partial charge in [-0.2, -0.15) is 0 Å². The second-order valence-corrected chi connectivity index (χ2v) is 2.95. The number of hydrogen-bond acceptors (Lipinski definition) is 3. The van der Waals surface area contributed by atoms with E-state index in [1.165, 1.54) is 0 Å². The molecule has 0 amide bonds. The molecule has 0 radical (unpaired) electrons. The van der Waals surface area contributed by atoms with Crippen LogP contribution in [-0.4, -0.2) is 26.9 Å². The maximum Gasteiger partial charge on any atom is 0.0705 e. The summed E-state index contributed by atoms with van der Waals surface area (Å²) in [6, 6.07) is 0. The molecule has 0 heterocycles. The molecule has 1 N–H and O–H groups in total. The SMILES string of the molecule is COCCCNOCC(C)C. The van der Waals surface area contributed by atoms with E-state index in [0.717, 1.165) is 26.2 Å². The fraction of sp³-hybridized carbons (Fsp3) is 1.00. The standard InChI is InChI=1S/C8H19NO2/c1-8(2)7-11-9-5-4-6-10-3/h8-9H,4-7H2,1-3H3. The lowest BCUT2D eigenvalue weighted by Gasteiger charge is -2.06. The van der Waals surface area contributed by atoms with Crippen molar-refractivity contribution >= 4 is 0 Å². The molecule has 68 valence electrons. The zero-order valence-corrected chi connectivity index (χ0v) is 7.72. The van der Waals surface area contributed by atoms with Crippen molar-refractivity contribution in [2.75, 3.05) is 26.9 Å². The van der Waals surface area contributed by atoms with Gasteiger partial charge in [0.2, 0.25) is 0 Å². The fourth-order valence-corrected chi connectivity index (χ4v) is 0.586. The minimum atomic E-state index is 0.588. The minimum absolute atomic E-state index is 0.588. The van der Waals surface area contributed by atoms with Crippen molar-refractivity contribution in [1.82, 2.24) is 5.48 Å². The van der Waals surface area contributed by atoms with Crippen LogP contribution in [-0.2, 0) is 9.57 Å². The molecule has 3 heteroatoms. The van der Waals surface area contributed by atoms with Crippen LogP contribution in [0.15, 0.2) is 0 Å². The van der Waals surface area contributed by atoms with Crippen LogP contribution in [0.2, 0.25) is 0 Å². The summed E-state index contributed by atoms with van der Waals surface area (Å²) in [6.07, 6.45) is 0.995. The summed E-state index contributed by atoms with van der Waals surface area (Å²) >= 11 is 0. The van der Waals surface area contributed by atoms with Crippen LogP contribution < -0.4 is 5.48 Å². The van der Waals surface area contributed by atoms with E-state index in [9.17, 15) is 0 Å². The van der Waals surface area contributed by atoms with Crippen LogP contribution in [0.5, 0.6) is 0 Å². The Morgan fingerprint density at radius 3 is 2.64 bits per heavy atom. The van der Waals surface area contributed by atoms with Gasteiger partial charge in [0, 0.05) is 20.3 Å². The third-order valence-corrected chi connectivity index (χ3v) is 1.15. The second kappa shape index (κ2) is 7.98. The molecule has 0 saturated carbocycles. The molecule has 0 aliphatic carbocycles. The highest BCUT2D eigenvalue weighted by molar-refractivity contribution is 4.39. The van der Waals surface area contributed by atoms with Crippen LogP contribution in [0.4, 0.5) is 0 Å². The number of hydroxylamine groups is 1. The van der Waals surface area contributed by atoms with Crippen molar-refractivity contribution in [1.29, 1.82) is 0 Å². The number of ether oxygens (including phenoxy) is 1. The topological polar surface area (TPSA) is 30.5 Å². The highest BCUT2D eigenvalue weighted by Crippen LogP contribution is 1.89. The smallest absolute Gasteiger partial charge is 0.0705 e. The average molecular weight is 161 g/mol. The van der Waals surface area contributed by atoms with Gasteiger partial charge in [-0.15, -0.1) is 0 Å². The Morgan fingerprint density at radius 2 is 2.09 bits per heavy atom. The lowest BCUT2D eigenvalue weighted by molar-refractivity contribution is 0.0200. The van der Waals surface area contributed by atoms with E-state index in [2.05, 4.69) is 19.3 Å². The average Bonchev–Trinajstić information content (AvgIpc) is 1.96. The van der Waals surface area contributed by atoms with Crippen LogP contribution in [0.1, 0.15) is 20.3 Å². The Kier molecular flexibility index (Phi) is 7.89. The lowest BCUT2D eigenvalue weighted by atomic mass is 10.2. The van der Waals surface area contributed by atoms with Crippen LogP contribution >= 0.6 is 0 Å². The summed E-state index contributed by atoms with van der Waals surface area (Å²) in [6.45, 7) is 6.67. The molecule has 0 saturated heterocycles. The van der Waals surface area contributed by atoms with Crippen molar-refractivity contribution in [3.8, 4) is 0 Å². The Morgan fingerprint density at radius 1 is 1.36 bits per heavy atom. The van der Waals surface area contributed by atoms with Gasteiger partial charge in [-0.3, -0.25) is 0 Å². The summed E-state index contributed by atoms with van der Waals surface area (Å²) in [4.78, 5) is 5.14. The molecule has 0 aromatic carbocycles. The summed E-state index contributed by atoms with van der Waals surface area (Å²) in [5, 5.41) is 0. The van der Waals surface area contributed by atoms with E-state index < -0.39 is 0 Å². The van der Waals surface area contributed by atoms with E-state index in [1.54, 1.807) is 7.11 Å². The fourth-order valence-electron chi connectivity index (χ4n) is 0.586. The number of nitrogens with one attached hydrogen (secondary N) is 1. The normalized spacial score (nSPS) is 10.9. The first-order valence-electron chi connectivity index (χ1n) is 4.11. The Hall–Kier alpha value is -0.120. The van der Waals surface area contributed by atoms with Crippen molar-refractivity contribution in [2.24, 2.45) is 5.92 Å². The van der Waals surface area contributed by atoms with E-state index in [1.807, 2.05) is 0 Å². The zero-order chi connectivity index (χ0) is 8.53. The molecule has 0 bridgehead atoms. The Balaban J connectivity index is 2.80. The summed E-state index contributed by atoms with van der Waals surface area (Å²) in [7, 11) is 1.70. The number of rotatable bonds is 7. The maximum atomic E-state index is 5.14. The summed E-state index contributed by atoms with van der Waals surface area (Å²) in [5.74, 6) is 0.588. The van der Waals surface area contributed by atoms with E-state index in [0.29, 0.717) is 5.92 Å². The predicted molar refractivity (Wildman–Crippen MR) is 45.3 cm³/mol. The van der Waals surface area contributed by atoms with Gasteiger partial charge in [-0.05, 0) is 12.3 Å². The van der Waals surface area contributed by atoms with Gasteiger partial charge in [-0.1, -0.05) is 13.8 Å². The summed E-state index contributed by atoms with van der Waals surface area (Å²) in [5.41, 5.74) is 2.87. The van der Waals surface area contributed by atoms with Crippen LogP contribution in [0.3, 0.4) is 0 Å². The minimum Gasteiger partial charge on any atom is -0.385 e. The van der Waals surface area contributed by atoms with E-state index in [-0.39, 0.29) is 0 Å². The first kappa shape index (κ1) is 10.9. The van der Waals surface area contributed by atoms with Gasteiger partial charge in [0.1, 0.15) is 0 Å². The van der Waals surface area contributed by atoms with E-state index in [4.69, 9.17) is 9.57 Å². The Labute approximate surface area is 69.0 Å². The van der Waals surface area contributed by atoms with Gasteiger partial charge in [0.15, 0.2) is 0 Å². The van der Waals surface area contributed by atoms with Gasteiger partial charge in [0.25, 0.3) is 0 Å². The van der Waals surface area contributed by atoms with Crippen molar-refractivity contribution in [2.45, 2.75) is 20.3 Å². The quantitative estimate of drug-likeness (QED) is 0.449. The monoisotopic (exact) mass is 161 g/mol. The van der Waals surface area contributed by atoms with Crippen molar-refractivity contribution < 1.29 is 9.57 Å². The van der Waals surface area contributed by atoms with Gasteiger partial charge >= 0.3 is 0 Å². The molecule has 0 rings (SSSR count). The highest BCUT2D eigenvalue weighted by Gasteiger charge is 1.92. The molecule has 11 heavy (non-hydrogen) atoms. The molecule has 0 aromatic rings. The molecule has 0 spiro atoms. The third-order valence-electron chi connectivity index (χ3n) is 1.15.